The van der Waals surface area contributed by atoms with Crippen LogP contribution >= 0.6 is 0 Å². The van der Waals surface area contributed by atoms with Crippen LogP contribution in [-0.2, 0) is 10.1 Å². The number of hydrogen-bond acceptors (Lipinski definition) is 1. The summed E-state index contributed by atoms with van der Waals surface area (Å²) in [6.07, 6.45) is 27.7. The minimum absolute atomic E-state index is 0.388. The molecule has 0 unspecified atom stereocenters. The van der Waals surface area contributed by atoms with Gasteiger partial charge in [0, 0.05) is 0 Å². The molecule has 0 heterocycles. The van der Waals surface area contributed by atoms with E-state index in [0.29, 0.717) is 6.61 Å². The summed E-state index contributed by atoms with van der Waals surface area (Å²) in [6.45, 7) is 2.68. The maximum atomic E-state index is 9.82. The minimum Gasteiger partial charge on any atom is -0.204 e. The quantitative estimate of drug-likeness (QED) is 0.117. The summed E-state index contributed by atoms with van der Waals surface area (Å²) in [6, 6.07) is 0. The monoisotopic (exact) mass is 341 g/mol. The third kappa shape index (κ3) is 21.9. The van der Waals surface area contributed by atoms with Gasteiger partial charge in [-0.2, -0.15) is 0 Å². The Hall–Kier alpha value is -0.0800. The molecule has 0 amide bonds. The largest absolute Gasteiger partial charge is 0.204 e. The van der Waals surface area contributed by atoms with Crippen molar-refractivity contribution in [2.45, 2.75) is 135 Å². The van der Waals surface area contributed by atoms with Gasteiger partial charge in [-0.25, -0.2) is 4.89 Å². The van der Waals surface area contributed by atoms with Crippen molar-refractivity contribution < 1.29 is 10.1 Å². The first-order chi connectivity index (χ1) is 11.9. The maximum absolute atomic E-state index is 9.82. The second-order valence-corrected chi connectivity index (χ2v) is 7.54. The molecule has 0 aromatic carbocycles. The van der Waals surface area contributed by atoms with Crippen LogP contribution < -0.4 is 0 Å². The average molecular weight is 342 g/mol. The van der Waals surface area contributed by atoms with Crippen molar-refractivity contribution in [3.8, 4) is 0 Å². The first-order valence-corrected chi connectivity index (χ1v) is 11.2. The smallest absolute Gasteiger partial charge is 0.0854 e. The molecule has 0 N–H and O–H groups in total. The van der Waals surface area contributed by atoms with E-state index in [4.69, 9.17) is 0 Å². The lowest BCUT2D eigenvalue weighted by Gasteiger charge is -2.04. The average Bonchev–Trinajstić information content (AvgIpc) is 2.60. The van der Waals surface area contributed by atoms with E-state index >= 15 is 0 Å². The summed E-state index contributed by atoms with van der Waals surface area (Å²) >= 11 is 0. The predicted molar refractivity (Wildman–Crippen MR) is 105 cm³/mol. The molecule has 0 spiro atoms. The van der Waals surface area contributed by atoms with Gasteiger partial charge in [-0.05, 0) is 11.7 Å². The van der Waals surface area contributed by atoms with E-state index in [9.17, 15) is 5.26 Å². The zero-order chi connectivity index (χ0) is 17.6. The molecular weight excluding hydrogens is 296 g/mol. The summed E-state index contributed by atoms with van der Waals surface area (Å²) in [5.41, 5.74) is 0. The molecule has 2 heteroatoms. The SMILES string of the molecule is CCCCCCCCCCCCCCCCCCCCCCO[O]. The van der Waals surface area contributed by atoms with E-state index in [1.165, 1.54) is 116 Å². The zero-order valence-electron chi connectivity index (χ0n) is 16.7. The molecule has 24 heavy (non-hydrogen) atoms. The zero-order valence-corrected chi connectivity index (χ0v) is 16.7. The Bertz CT molecular complexity index is 184. The molecule has 0 fully saturated rings. The lowest BCUT2D eigenvalue weighted by Crippen LogP contribution is -1.88. The molecule has 0 aliphatic rings. The predicted octanol–water partition coefficient (Wildman–Crippen LogP) is 8.17. The maximum Gasteiger partial charge on any atom is 0.0854 e. The van der Waals surface area contributed by atoms with Gasteiger partial charge in [0.15, 0.2) is 0 Å². The van der Waals surface area contributed by atoms with Crippen LogP contribution in [-0.4, -0.2) is 6.61 Å². The summed E-state index contributed by atoms with van der Waals surface area (Å²) in [4.78, 5) is 3.83. The van der Waals surface area contributed by atoms with Gasteiger partial charge in [-0.1, -0.05) is 129 Å². The third-order valence-corrected chi connectivity index (χ3v) is 5.08. The van der Waals surface area contributed by atoms with E-state index in [-0.39, 0.29) is 0 Å². The molecule has 145 valence electrons. The normalized spacial score (nSPS) is 11.2. The fourth-order valence-corrected chi connectivity index (χ4v) is 3.42. The van der Waals surface area contributed by atoms with E-state index in [1.807, 2.05) is 0 Å². The molecule has 0 rings (SSSR count). The Balaban J connectivity index is 2.93. The summed E-state index contributed by atoms with van der Waals surface area (Å²) in [5, 5.41) is 9.82. The molecule has 0 aromatic heterocycles. The van der Waals surface area contributed by atoms with Crippen LogP contribution in [0, 0.1) is 0 Å². The fraction of sp³-hybridized carbons (Fsp3) is 1.00. The van der Waals surface area contributed by atoms with E-state index < -0.39 is 0 Å². The minimum atomic E-state index is 0.388. The second kappa shape index (κ2) is 22.9. The van der Waals surface area contributed by atoms with E-state index in [0.717, 1.165) is 12.8 Å². The highest BCUT2D eigenvalue weighted by Gasteiger charge is 1.95. The summed E-state index contributed by atoms with van der Waals surface area (Å²) in [7, 11) is 0. The van der Waals surface area contributed by atoms with E-state index in [1.54, 1.807) is 0 Å². The van der Waals surface area contributed by atoms with Crippen LogP contribution in [0.1, 0.15) is 135 Å². The Kier molecular flexibility index (Phi) is 22.8. The summed E-state index contributed by atoms with van der Waals surface area (Å²) < 4.78 is 0. The topological polar surface area (TPSA) is 29.1 Å². The molecule has 2 nitrogen and oxygen atoms in total. The van der Waals surface area contributed by atoms with Gasteiger partial charge < -0.3 is 0 Å². The van der Waals surface area contributed by atoms with Crippen molar-refractivity contribution in [2.24, 2.45) is 0 Å². The third-order valence-electron chi connectivity index (χ3n) is 5.08. The van der Waals surface area contributed by atoms with Crippen LogP contribution in [0.25, 0.3) is 0 Å². The highest BCUT2D eigenvalue weighted by Crippen LogP contribution is 2.14. The van der Waals surface area contributed by atoms with Gasteiger partial charge in [0.05, 0.1) is 6.61 Å². The Labute approximate surface area is 152 Å². The first-order valence-electron chi connectivity index (χ1n) is 11.2. The Morgan fingerprint density at radius 2 is 0.667 bits per heavy atom. The molecule has 0 atom stereocenters. The van der Waals surface area contributed by atoms with Crippen molar-refractivity contribution in [3.05, 3.63) is 0 Å². The number of hydrogen-bond donors (Lipinski definition) is 0. The van der Waals surface area contributed by atoms with Crippen LogP contribution in [0.5, 0.6) is 0 Å². The van der Waals surface area contributed by atoms with Gasteiger partial charge in [-0.3, -0.25) is 0 Å². The molecule has 0 aliphatic heterocycles. The molecule has 0 aliphatic carbocycles. The lowest BCUT2D eigenvalue weighted by molar-refractivity contribution is -0.303. The molecule has 1 radical (unpaired) electrons. The van der Waals surface area contributed by atoms with Crippen molar-refractivity contribution in [3.63, 3.8) is 0 Å². The fourth-order valence-electron chi connectivity index (χ4n) is 3.42. The van der Waals surface area contributed by atoms with Gasteiger partial charge in [0.1, 0.15) is 0 Å². The van der Waals surface area contributed by atoms with E-state index in [2.05, 4.69) is 11.8 Å². The molecular formula is C22H45O2. The van der Waals surface area contributed by atoms with Gasteiger partial charge in [0.25, 0.3) is 0 Å². The first kappa shape index (κ1) is 23.9. The number of unbranched alkanes of at least 4 members (excludes halogenated alkanes) is 19. The van der Waals surface area contributed by atoms with Crippen molar-refractivity contribution in [2.75, 3.05) is 6.61 Å². The van der Waals surface area contributed by atoms with Crippen LogP contribution in [0.2, 0.25) is 0 Å². The number of rotatable bonds is 21. The van der Waals surface area contributed by atoms with Crippen molar-refractivity contribution in [1.82, 2.24) is 0 Å². The van der Waals surface area contributed by atoms with Crippen LogP contribution in [0.3, 0.4) is 0 Å². The highest BCUT2D eigenvalue weighted by molar-refractivity contribution is 4.50. The molecule has 0 saturated carbocycles. The standard InChI is InChI=1S/C22H45O2/c1-2-3-4-5-6-7-8-9-10-11-12-13-14-15-16-17-18-19-20-21-22-24-23/h2-22H2,1H3. The summed E-state index contributed by atoms with van der Waals surface area (Å²) in [5.74, 6) is 0. The van der Waals surface area contributed by atoms with Crippen LogP contribution in [0.15, 0.2) is 0 Å². The molecule has 0 aromatic rings. The van der Waals surface area contributed by atoms with Crippen molar-refractivity contribution >= 4 is 0 Å². The van der Waals surface area contributed by atoms with Gasteiger partial charge >= 0.3 is 0 Å². The molecule has 0 saturated heterocycles. The second-order valence-electron chi connectivity index (χ2n) is 7.54. The Morgan fingerprint density at radius 3 is 0.917 bits per heavy atom. The van der Waals surface area contributed by atoms with Crippen molar-refractivity contribution in [1.29, 1.82) is 0 Å². The van der Waals surface area contributed by atoms with Gasteiger partial charge in [0.2, 0.25) is 0 Å². The van der Waals surface area contributed by atoms with Crippen LogP contribution in [0.4, 0.5) is 0 Å². The van der Waals surface area contributed by atoms with Gasteiger partial charge in [-0.15, -0.1) is 0 Å². The highest BCUT2D eigenvalue weighted by atomic mass is 17.1. The molecule has 0 bridgehead atoms. The Morgan fingerprint density at radius 1 is 0.417 bits per heavy atom. The lowest BCUT2D eigenvalue weighted by atomic mass is 10.0.